The zero-order chi connectivity index (χ0) is 25.3. The van der Waals surface area contributed by atoms with Gasteiger partial charge in [0.15, 0.2) is 11.5 Å². The van der Waals surface area contributed by atoms with Crippen LogP contribution in [-0.2, 0) is 22.6 Å². The molecule has 0 radical (unpaired) electrons. The number of hydrogen-bond donors (Lipinski definition) is 1. The molecule has 0 bridgehead atoms. The Balaban J connectivity index is 2.21. The summed E-state index contributed by atoms with van der Waals surface area (Å²) < 4.78 is 11.4. The first-order valence-corrected chi connectivity index (χ1v) is 12.1. The number of ether oxygens (including phenoxy) is 2. The molecule has 0 aliphatic heterocycles. The normalized spacial score (nSPS) is 12.1. The van der Waals surface area contributed by atoms with Gasteiger partial charge in [0.05, 0.1) is 13.2 Å². The fourth-order valence-corrected chi connectivity index (χ4v) is 3.67. The number of rotatable bonds is 11. The predicted molar refractivity (Wildman–Crippen MR) is 136 cm³/mol. The summed E-state index contributed by atoms with van der Waals surface area (Å²) in [6.07, 6.45) is 0.835. The summed E-state index contributed by atoms with van der Waals surface area (Å²) in [4.78, 5) is 28.0. The monoisotopic (exact) mass is 468 g/mol. The van der Waals surface area contributed by atoms with Crippen molar-refractivity contribution in [2.45, 2.75) is 79.4 Å². The Hall–Kier alpha value is -3.02. The number of nitrogens with one attached hydrogen (secondary N) is 1. The summed E-state index contributed by atoms with van der Waals surface area (Å²) in [5.74, 6) is 1.16. The maximum Gasteiger partial charge on any atom is 0.242 e. The molecule has 1 unspecified atom stereocenters. The van der Waals surface area contributed by atoms with E-state index in [0.717, 1.165) is 16.7 Å². The van der Waals surface area contributed by atoms with Crippen molar-refractivity contribution in [1.82, 2.24) is 10.2 Å². The largest absolute Gasteiger partial charge is 0.490 e. The molecule has 0 heterocycles. The average Bonchev–Trinajstić information content (AvgIpc) is 2.77. The van der Waals surface area contributed by atoms with E-state index in [4.69, 9.17) is 9.47 Å². The van der Waals surface area contributed by atoms with Crippen LogP contribution in [0.15, 0.2) is 42.5 Å². The highest BCUT2D eigenvalue weighted by molar-refractivity contribution is 5.87. The van der Waals surface area contributed by atoms with Crippen LogP contribution in [0, 0.1) is 6.92 Å². The predicted octanol–water partition coefficient (Wildman–Crippen LogP) is 5.06. The highest BCUT2D eigenvalue weighted by atomic mass is 16.5. The van der Waals surface area contributed by atoms with Crippen molar-refractivity contribution in [2.75, 3.05) is 13.2 Å². The third-order valence-corrected chi connectivity index (χ3v) is 5.50. The third kappa shape index (κ3) is 8.08. The Morgan fingerprint density at radius 3 is 2.26 bits per heavy atom. The van der Waals surface area contributed by atoms with Gasteiger partial charge in [-0.1, -0.05) is 30.3 Å². The number of amides is 2. The van der Waals surface area contributed by atoms with Crippen LogP contribution < -0.4 is 14.8 Å². The van der Waals surface area contributed by atoms with E-state index < -0.39 is 6.04 Å². The van der Waals surface area contributed by atoms with Gasteiger partial charge in [0.1, 0.15) is 6.04 Å². The maximum atomic E-state index is 13.4. The second-order valence-electron chi connectivity index (χ2n) is 9.51. The summed E-state index contributed by atoms with van der Waals surface area (Å²) in [6.45, 7) is 15.0. The molecule has 0 fully saturated rings. The van der Waals surface area contributed by atoms with E-state index in [9.17, 15) is 9.59 Å². The van der Waals surface area contributed by atoms with Gasteiger partial charge in [-0.25, -0.2) is 0 Å². The molecule has 0 saturated heterocycles. The van der Waals surface area contributed by atoms with Gasteiger partial charge in [-0.05, 0) is 83.7 Å². The Labute approximate surface area is 204 Å². The van der Waals surface area contributed by atoms with Crippen LogP contribution in [0.3, 0.4) is 0 Å². The highest BCUT2D eigenvalue weighted by Crippen LogP contribution is 2.29. The SMILES string of the molecule is CCOc1ccc(CCC(=O)N(Cc2ccccc2C)C(C)C(=O)NC(C)(C)C)cc1OCC. The van der Waals surface area contributed by atoms with Crippen molar-refractivity contribution in [3.63, 3.8) is 0 Å². The molecule has 0 aliphatic rings. The van der Waals surface area contributed by atoms with Gasteiger partial charge in [-0.2, -0.15) is 0 Å². The molecule has 2 amide bonds. The van der Waals surface area contributed by atoms with E-state index in [0.29, 0.717) is 44.1 Å². The van der Waals surface area contributed by atoms with E-state index in [2.05, 4.69) is 5.32 Å². The molecule has 2 rings (SSSR count). The molecule has 0 spiro atoms. The molecule has 0 saturated carbocycles. The molecule has 2 aromatic carbocycles. The fourth-order valence-electron chi connectivity index (χ4n) is 3.67. The Kier molecular flexibility index (Phi) is 9.97. The van der Waals surface area contributed by atoms with E-state index in [-0.39, 0.29) is 17.4 Å². The zero-order valence-corrected chi connectivity index (χ0v) is 21.7. The minimum Gasteiger partial charge on any atom is -0.490 e. The third-order valence-electron chi connectivity index (χ3n) is 5.50. The Morgan fingerprint density at radius 1 is 1.00 bits per heavy atom. The van der Waals surface area contributed by atoms with E-state index >= 15 is 0 Å². The van der Waals surface area contributed by atoms with Crippen LogP contribution in [0.4, 0.5) is 0 Å². The molecule has 6 heteroatoms. The number of aryl methyl sites for hydroxylation is 2. The molecule has 34 heavy (non-hydrogen) atoms. The van der Waals surface area contributed by atoms with Crippen LogP contribution in [-0.4, -0.2) is 41.5 Å². The quantitative estimate of drug-likeness (QED) is 0.501. The minimum atomic E-state index is -0.592. The van der Waals surface area contributed by atoms with Gasteiger partial charge in [0.2, 0.25) is 11.8 Å². The molecule has 6 nitrogen and oxygen atoms in total. The smallest absolute Gasteiger partial charge is 0.242 e. The Bertz CT molecular complexity index is 965. The van der Waals surface area contributed by atoms with Crippen LogP contribution in [0.2, 0.25) is 0 Å². The van der Waals surface area contributed by atoms with Gasteiger partial charge < -0.3 is 19.7 Å². The lowest BCUT2D eigenvalue weighted by Gasteiger charge is -2.32. The van der Waals surface area contributed by atoms with Gasteiger partial charge in [0, 0.05) is 18.5 Å². The van der Waals surface area contributed by atoms with Crippen molar-refractivity contribution in [2.24, 2.45) is 0 Å². The molecule has 186 valence electrons. The molecular formula is C28H40N2O4. The van der Waals surface area contributed by atoms with Crippen LogP contribution in [0.1, 0.15) is 64.7 Å². The number of carbonyl (C=O) groups excluding carboxylic acids is 2. The average molecular weight is 469 g/mol. The van der Waals surface area contributed by atoms with Gasteiger partial charge in [-0.3, -0.25) is 9.59 Å². The first-order valence-electron chi connectivity index (χ1n) is 12.1. The number of benzene rings is 2. The Morgan fingerprint density at radius 2 is 1.65 bits per heavy atom. The summed E-state index contributed by atoms with van der Waals surface area (Å²) in [5, 5.41) is 3.00. The number of hydrogen-bond acceptors (Lipinski definition) is 4. The molecule has 2 aromatic rings. The summed E-state index contributed by atoms with van der Waals surface area (Å²) in [7, 11) is 0. The molecular weight excluding hydrogens is 428 g/mol. The van der Waals surface area contributed by atoms with Gasteiger partial charge >= 0.3 is 0 Å². The van der Waals surface area contributed by atoms with Crippen LogP contribution >= 0.6 is 0 Å². The van der Waals surface area contributed by atoms with Crippen molar-refractivity contribution in [3.05, 3.63) is 59.2 Å². The van der Waals surface area contributed by atoms with Gasteiger partial charge in [-0.15, -0.1) is 0 Å². The van der Waals surface area contributed by atoms with Crippen molar-refractivity contribution < 1.29 is 19.1 Å². The van der Waals surface area contributed by atoms with Gasteiger partial charge in [0.25, 0.3) is 0 Å². The first kappa shape index (κ1) is 27.2. The maximum absolute atomic E-state index is 13.4. The lowest BCUT2D eigenvalue weighted by Crippen LogP contribution is -2.52. The fraction of sp³-hybridized carbons (Fsp3) is 0.500. The molecule has 0 aromatic heterocycles. The lowest BCUT2D eigenvalue weighted by atomic mass is 10.0. The van der Waals surface area contributed by atoms with E-state index in [1.54, 1.807) is 11.8 Å². The van der Waals surface area contributed by atoms with E-state index in [1.165, 1.54) is 0 Å². The standard InChI is InChI=1S/C28H40N2O4/c1-8-33-24-16-14-22(18-25(24)34-9-2)15-17-26(31)30(19-23-13-11-10-12-20(23)3)21(4)27(32)29-28(5,6)7/h10-14,16,18,21H,8-9,15,17,19H2,1-7H3,(H,29,32). The highest BCUT2D eigenvalue weighted by Gasteiger charge is 2.28. The zero-order valence-electron chi connectivity index (χ0n) is 21.7. The molecule has 1 atom stereocenters. The summed E-state index contributed by atoms with van der Waals surface area (Å²) in [5.41, 5.74) is 2.74. The molecule has 0 aliphatic carbocycles. The number of carbonyl (C=O) groups is 2. The summed E-state index contributed by atoms with van der Waals surface area (Å²) >= 11 is 0. The second kappa shape index (κ2) is 12.4. The van der Waals surface area contributed by atoms with Crippen molar-refractivity contribution >= 4 is 11.8 Å². The van der Waals surface area contributed by atoms with Crippen LogP contribution in [0.25, 0.3) is 0 Å². The van der Waals surface area contributed by atoms with Crippen molar-refractivity contribution in [1.29, 1.82) is 0 Å². The minimum absolute atomic E-state index is 0.0633. The summed E-state index contributed by atoms with van der Waals surface area (Å²) in [6, 6.07) is 13.1. The number of nitrogens with zero attached hydrogens (tertiary/aromatic N) is 1. The first-order chi connectivity index (χ1) is 16.1. The van der Waals surface area contributed by atoms with Crippen molar-refractivity contribution in [3.8, 4) is 11.5 Å². The molecule has 1 N–H and O–H groups in total. The van der Waals surface area contributed by atoms with E-state index in [1.807, 2.05) is 84.0 Å². The lowest BCUT2D eigenvalue weighted by molar-refractivity contribution is -0.141. The van der Waals surface area contributed by atoms with Crippen LogP contribution in [0.5, 0.6) is 11.5 Å². The topological polar surface area (TPSA) is 67.9 Å². The second-order valence-corrected chi connectivity index (χ2v) is 9.51.